The van der Waals surface area contributed by atoms with Gasteiger partial charge in [0.15, 0.2) is 0 Å². The van der Waals surface area contributed by atoms with Crippen LogP contribution >= 0.6 is 0 Å². The zero-order valence-electron chi connectivity index (χ0n) is 17.2. The third-order valence-electron chi connectivity index (χ3n) is 5.39. The largest absolute Gasteiger partial charge is 0.343 e. The van der Waals surface area contributed by atoms with Crippen LogP contribution in [0, 0.1) is 5.92 Å². The zero-order chi connectivity index (χ0) is 21.7. The van der Waals surface area contributed by atoms with Gasteiger partial charge in [0, 0.05) is 45.2 Å². The molecule has 30 heavy (non-hydrogen) atoms. The van der Waals surface area contributed by atoms with E-state index in [4.69, 9.17) is 0 Å². The summed E-state index contributed by atoms with van der Waals surface area (Å²) in [5.41, 5.74) is 1.46. The normalized spacial score (nSPS) is 15.2. The first-order valence-corrected chi connectivity index (χ1v) is 11.4. The van der Waals surface area contributed by atoms with Crippen LogP contribution in [0.3, 0.4) is 0 Å². The summed E-state index contributed by atoms with van der Waals surface area (Å²) in [6, 6.07) is 15.6. The average molecular weight is 430 g/mol. The predicted molar refractivity (Wildman–Crippen MR) is 115 cm³/mol. The van der Waals surface area contributed by atoms with Gasteiger partial charge in [0.2, 0.25) is 21.8 Å². The number of nitrogens with zero attached hydrogens (tertiary/aromatic N) is 2. The summed E-state index contributed by atoms with van der Waals surface area (Å²) in [5, 5.41) is 2.85. The van der Waals surface area contributed by atoms with Gasteiger partial charge in [-0.2, -0.15) is 4.31 Å². The number of rotatable bonds is 6. The van der Waals surface area contributed by atoms with Crippen LogP contribution in [0.15, 0.2) is 59.5 Å². The molecule has 1 aliphatic rings. The Morgan fingerprint density at radius 2 is 1.63 bits per heavy atom. The minimum Gasteiger partial charge on any atom is -0.343 e. The van der Waals surface area contributed by atoms with Gasteiger partial charge < -0.3 is 10.2 Å². The lowest BCUT2D eigenvalue weighted by molar-refractivity contribution is -0.132. The molecule has 160 valence electrons. The molecule has 1 N–H and O–H groups in total. The summed E-state index contributed by atoms with van der Waals surface area (Å²) in [6.45, 7) is 2.98. The van der Waals surface area contributed by atoms with Crippen molar-refractivity contribution in [1.82, 2.24) is 9.21 Å². The SMILES string of the molecule is CC(=O)N1CCC(C(=O)Nc2ccc(S(=O)(=O)N(C)Cc3ccccc3)cc2)CC1. The van der Waals surface area contributed by atoms with Crippen LogP contribution in [0.25, 0.3) is 0 Å². The van der Waals surface area contributed by atoms with Gasteiger partial charge >= 0.3 is 0 Å². The highest BCUT2D eigenvalue weighted by atomic mass is 32.2. The molecule has 2 amide bonds. The third-order valence-corrected chi connectivity index (χ3v) is 7.21. The maximum atomic E-state index is 12.8. The van der Waals surface area contributed by atoms with Gasteiger partial charge in [-0.05, 0) is 42.7 Å². The number of likely N-dealkylation sites (tertiary alicyclic amines) is 1. The molecule has 1 saturated heterocycles. The van der Waals surface area contributed by atoms with E-state index in [-0.39, 0.29) is 29.2 Å². The molecule has 0 aliphatic carbocycles. The molecule has 0 unspecified atom stereocenters. The second kappa shape index (κ2) is 9.40. The fourth-order valence-corrected chi connectivity index (χ4v) is 4.68. The number of hydrogen-bond donors (Lipinski definition) is 1. The van der Waals surface area contributed by atoms with E-state index in [0.29, 0.717) is 31.6 Å². The van der Waals surface area contributed by atoms with E-state index in [0.717, 1.165) is 5.56 Å². The number of amides is 2. The van der Waals surface area contributed by atoms with E-state index in [1.807, 2.05) is 30.3 Å². The minimum absolute atomic E-state index is 0.0305. The molecule has 0 radical (unpaired) electrons. The first-order chi connectivity index (χ1) is 14.3. The number of piperidine rings is 1. The molecule has 2 aromatic rings. The standard InChI is InChI=1S/C22H27N3O4S/c1-17(26)25-14-12-19(13-15-25)22(27)23-20-8-10-21(11-9-20)30(28,29)24(2)16-18-6-4-3-5-7-18/h3-11,19H,12-16H2,1-2H3,(H,23,27). The van der Waals surface area contributed by atoms with Gasteiger partial charge in [-0.25, -0.2) is 8.42 Å². The molecule has 0 saturated carbocycles. The van der Waals surface area contributed by atoms with Crippen molar-refractivity contribution >= 4 is 27.5 Å². The first kappa shape index (κ1) is 22.0. The Labute approximate surface area is 177 Å². The number of anilines is 1. The lowest BCUT2D eigenvalue weighted by atomic mass is 9.96. The fourth-order valence-electron chi connectivity index (χ4n) is 3.52. The lowest BCUT2D eigenvalue weighted by Crippen LogP contribution is -2.40. The van der Waals surface area contributed by atoms with Crippen molar-refractivity contribution in [2.75, 3.05) is 25.5 Å². The van der Waals surface area contributed by atoms with Gasteiger partial charge in [0.1, 0.15) is 0 Å². The Morgan fingerprint density at radius 1 is 1.03 bits per heavy atom. The first-order valence-electron chi connectivity index (χ1n) is 9.94. The molecular formula is C22H27N3O4S. The molecule has 0 atom stereocenters. The van der Waals surface area contributed by atoms with Crippen LogP contribution in [-0.4, -0.2) is 49.6 Å². The number of nitrogens with one attached hydrogen (secondary N) is 1. The predicted octanol–water partition coefficient (Wildman–Crippen LogP) is 2.70. The maximum Gasteiger partial charge on any atom is 0.243 e. The van der Waals surface area contributed by atoms with E-state index in [9.17, 15) is 18.0 Å². The van der Waals surface area contributed by atoms with Gasteiger partial charge in [-0.1, -0.05) is 30.3 Å². The smallest absolute Gasteiger partial charge is 0.243 e. The average Bonchev–Trinajstić information content (AvgIpc) is 2.75. The lowest BCUT2D eigenvalue weighted by Gasteiger charge is -2.30. The number of benzene rings is 2. The molecule has 2 aromatic carbocycles. The van der Waals surface area contributed by atoms with Crippen LogP contribution in [0.5, 0.6) is 0 Å². The van der Waals surface area contributed by atoms with Crippen molar-refractivity contribution in [3.05, 3.63) is 60.2 Å². The Morgan fingerprint density at radius 3 is 2.20 bits per heavy atom. The van der Waals surface area contributed by atoms with Crippen molar-refractivity contribution in [2.24, 2.45) is 5.92 Å². The summed E-state index contributed by atoms with van der Waals surface area (Å²) in [6.07, 6.45) is 1.25. The molecule has 7 nitrogen and oxygen atoms in total. The molecule has 1 aliphatic heterocycles. The highest BCUT2D eigenvalue weighted by Crippen LogP contribution is 2.22. The fraction of sp³-hybridized carbons (Fsp3) is 0.364. The van der Waals surface area contributed by atoms with E-state index in [1.54, 1.807) is 24.1 Å². The monoisotopic (exact) mass is 429 g/mol. The van der Waals surface area contributed by atoms with Crippen molar-refractivity contribution in [3.63, 3.8) is 0 Å². The highest BCUT2D eigenvalue weighted by molar-refractivity contribution is 7.89. The molecular weight excluding hydrogens is 402 g/mol. The Bertz CT molecular complexity index is 983. The second-order valence-electron chi connectivity index (χ2n) is 7.54. The van der Waals surface area contributed by atoms with Crippen LogP contribution in [0.2, 0.25) is 0 Å². The minimum atomic E-state index is -3.63. The number of hydrogen-bond acceptors (Lipinski definition) is 4. The Balaban J connectivity index is 1.60. The Kier molecular flexibility index (Phi) is 6.89. The van der Waals surface area contributed by atoms with Crippen LogP contribution in [-0.2, 0) is 26.2 Å². The maximum absolute atomic E-state index is 12.8. The number of sulfonamides is 1. The summed E-state index contributed by atoms with van der Waals surface area (Å²) in [7, 11) is -2.09. The summed E-state index contributed by atoms with van der Waals surface area (Å²) < 4.78 is 26.9. The van der Waals surface area contributed by atoms with Crippen molar-refractivity contribution < 1.29 is 18.0 Å². The molecule has 1 heterocycles. The zero-order valence-corrected chi connectivity index (χ0v) is 18.1. The van der Waals surface area contributed by atoms with Gasteiger partial charge in [0.05, 0.1) is 4.90 Å². The molecule has 8 heteroatoms. The summed E-state index contributed by atoms with van der Waals surface area (Å²) >= 11 is 0. The molecule has 0 spiro atoms. The summed E-state index contributed by atoms with van der Waals surface area (Å²) in [4.78, 5) is 25.8. The molecule has 3 rings (SSSR count). The van der Waals surface area contributed by atoms with Crippen LogP contribution in [0.4, 0.5) is 5.69 Å². The summed E-state index contributed by atoms with van der Waals surface area (Å²) in [5.74, 6) is -0.223. The van der Waals surface area contributed by atoms with E-state index >= 15 is 0 Å². The van der Waals surface area contributed by atoms with Gasteiger partial charge in [-0.3, -0.25) is 9.59 Å². The molecule has 0 bridgehead atoms. The van der Waals surface area contributed by atoms with Gasteiger partial charge in [0.25, 0.3) is 0 Å². The third kappa shape index (κ3) is 5.25. The van der Waals surface area contributed by atoms with Crippen LogP contribution in [0.1, 0.15) is 25.3 Å². The van der Waals surface area contributed by atoms with Crippen LogP contribution < -0.4 is 5.32 Å². The number of carbonyl (C=O) groups excluding carboxylic acids is 2. The van der Waals surface area contributed by atoms with Gasteiger partial charge in [-0.15, -0.1) is 0 Å². The van der Waals surface area contributed by atoms with Crippen molar-refractivity contribution in [3.8, 4) is 0 Å². The van der Waals surface area contributed by atoms with E-state index in [2.05, 4.69) is 5.32 Å². The Hall–Kier alpha value is -2.71. The quantitative estimate of drug-likeness (QED) is 0.765. The van der Waals surface area contributed by atoms with E-state index < -0.39 is 10.0 Å². The second-order valence-corrected chi connectivity index (χ2v) is 9.59. The van der Waals surface area contributed by atoms with Crippen molar-refractivity contribution in [2.45, 2.75) is 31.2 Å². The van der Waals surface area contributed by atoms with E-state index in [1.165, 1.54) is 23.4 Å². The number of carbonyl (C=O) groups is 2. The topological polar surface area (TPSA) is 86.8 Å². The highest BCUT2D eigenvalue weighted by Gasteiger charge is 2.26. The van der Waals surface area contributed by atoms with Crippen molar-refractivity contribution in [1.29, 1.82) is 0 Å². The molecule has 1 fully saturated rings. The molecule has 0 aromatic heterocycles.